The summed E-state index contributed by atoms with van der Waals surface area (Å²) in [7, 11) is 0. The molecule has 0 aliphatic carbocycles. The summed E-state index contributed by atoms with van der Waals surface area (Å²) in [5.41, 5.74) is 0.383. The molecule has 0 bridgehead atoms. The number of ether oxygens (including phenoxy) is 2. The molecule has 0 spiro atoms. The quantitative estimate of drug-likeness (QED) is 0.167. The van der Waals surface area contributed by atoms with Crippen molar-refractivity contribution in [3.8, 4) is 11.5 Å². The number of amides is 5. The van der Waals surface area contributed by atoms with Gasteiger partial charge >= 0.3 is 12.1 Å². The van der Waals surface area contributed by atoms with Crippen LogP contribution in [0.2, 0.25) is 0 Å². The number of esters is 1. The first-order valence-electron chi connectivity index (χ1n) is 17.4. The fraction of sp³-hybridized carbons (Fsp3) is 0.474. The van der Waals surface area contributed by atoms with Gasteiger partial charge in [0.05, 0.1) is 6.04 Å². The molecule has 53 heavy (non-hydrogen) atoms. The first-order chi connectivity index (χ1) is 24.8. The van der Waals surface area contributed by atoms with E-state index in [0.717, 1.165) is 6.08 Å². The highest BCUT2D eigenvalue weighted by Crippen LogP contribution is 2.15. The van der Waals surface area contributed by atoms with Crippen molar-refractivity contribution in [2.75, 3.05) is 6.61 Å². The lowest BCUT2D eigenvalue weighted by molar-refractivity contribution is -0.149. The zero-order valence-electron chi connectivity index (χ0n) is 31.1. The van der Waals surface area contributed by atoms with Gasteiger partial charge in [0.25, 0.3) is 0 Å². The molecular formula is C38H51N5O10. The van der Waals surface area contributed by atoms with E-state index in [0.29, 0.717) is 11.1 Å². The summed E-state index contributed by atoms with van der Waals surface area (Å²) in [6.45, 7) is 11.5. The van der Waals surface area contributed by atoms with E-state index in [4.69, 9.17) is 9.47 Å². The Morgan fingerprint density at radius 2 is 1.45 bits per heavy atom. The third kappa shape index (κ3) is 13.8. The second-order valence-corrected chi connectivity index (χ2v) is 14.6. The van der Waals surface area contributed by atoms with Gasteiger partial charge in [0.2, 0.25) is 23.6 Å². The van der Waals surface area contributed by atoms with Crippen molar-refractivity contribution in [3.05, 3.63) is 71.8 Å². The van der Waals surface area contributed by atoms with Gasteiger partial charge in [0.1, 0.15) is 47.9 Å². The number of hydrogen-bond acceptors (Lipinski definition) is 10. The molecule has 2 aromatic carbocycles. The highest BCUT2D eigenvalue weighted by Gasteiger charge is 2.33. The fourth-order valence-corrected chi connectivity index (χ4v) is 5.27. The molecule has 5 amide bonds. The Hall–Kier alpha value is -5.60. The van der Waals surface area contributed by atoms with E-state index < -0.39 is 84.0 Å². The highest BCUT2D eigenvalue weighted by molar-refractivity contribution is 5.95. The smallest absolute Gasteiger partial charge is 0.408 e. The summed E-state index contributed by atoms with van der Waals surface area (Å²) in [5.74, 6) is -4.14. The Balaban J connectivity index is 1.84. The Morgan fingerprint density at radius 1 is 0.868 bits per heavy atom. The van der Waals surface area contributed by atoms with E-state index in [1.54, 1.807) is 72.7 Å². The second kappa shape index (κ2) is 18.8. The summed E-state index contributed by atoms with van der Waals surface area (Å²) < 4.78 is 10.9. The van der Waals surface area contributed by atoms with Crippen LogP contribution >= 0.6 is 0 Å². The van der Waals surface area contributed by atoms with Crippen molar-refractivity contribution in [1.29, 1.82) is 0 Å². The lowest BCUT2D eigenvalue weighted by atomic mass is 10.0. The third-order valence-electron chi connectivity index (χ3n) is 8.07. The van der Waals surface area contributed by atoms with Crippen LogP contribution in [-0.4, -0.2) is 88.3 Å². The summed E-state index contributed by atoms with van der Waals surface area (Å²) in [6.07, 6.45) is 1.62. The van der Waals surface area contributed by atoms with Crippen LogP contribution in [0.4, 0.5) is 4.79 Å². The second-order valence-electron chi connectivity index (χ2n) is 14.6. The minimum absolute atomic E-state index is 0.00738. The molecule has 1 aliphatic heterocycles. The average Bonchev–Trinajstić information content (AvgIpc) is 3.06. The predicted molar refractivity (Wildman–Crippen MR) is 194 cm³/mol. The maximum absolute atomic E-state index is 13.8. The van der Waals surface area contributed by atoms with Crippen LogP contribution in [0.1, 0.15) is 59.6 Å². The number of carbonyl (C=O) groups is 6. The van der Waals surface area contributed by atoms with Gasteiger partial charge in [-0.3, -0.25) is 19.2 Å². The molecule has 3 rings (SSSR count). The van der Waals surface area contributed by atoms with Crippen molar-refractivity contribution < 1.29 is 48.5 Å². The molecule has 0 aromatic heterocycles. The topological polar surface area (TPSA) is 221 Å². The number of aromatic hydroxyl groups is 2. The summed E-state index contributed by atoms with van der Waals surface area (Å²) in [4.78, 5) is 79.7. The average molecular weight is 738 g/mol. The number of carbonyl (C=O) groups excluding carboxylic acids is 6. The van der Waals surface area contributed by atoms with Crippen molar-refractivity contribution in [2.24, 2.45) is 11.8 Å². The molecule has 15 heteroatoms. The van der Waals surface area contributed by atoms with Gasteiger partial charge in [-0.2, -0.15) is 0 Å². The van der Waals surface area contributed by atoms with Crippen molar-refractivity contribution in [2.45, 2.75) is 97.1 Å². The number of hydrogen-bond donors (Lipinski definition) is 7. The van der Waals surface area contributed by atoms with Gasteiger partial charge in [0, 0.05) is 18.9 Å². The van der Waals surface area contributed by atoms with Crippen LogP contribution in [0.15, 0.2) is 60.7 Å². The molecule has 0 saturated carbocycles. The van der Waals surface area contributed by atoms with Gasteiger partial charge in [0.15, 0.2) is 0 Å². The molecule has 288 valence electrons. The highest BCUT2D eigenvalue weighted by atomic mass is 16.6. The van der Waals surface area contributed by atoms with E-state index in [1.165, 1.54) is 30.3 Å². The number of cyclic esters (lactones) is 1. The van der Waals surface area contributed by atoms with Gasteiger partial charge in [-0.05, 0) is 68.0 Å². The Labute approximate surface area is 309 Å². The van der Waals surface area contributed by atoms with Crippen LogP contribution in [0.5, 0.6) is 11.5 Å². The van der Waals surface area contributed by atoms with Crippen LogP contribution in [0.3, 0.4) is 0 Å². The van der Waals surface area contributed by atoms with E-state index >= 15 is 0 Å². The number of nitrogens with one attached hydrogen (secondary N) is 5. The number of benzene rings is 2. The van der Waals surface area contributed by atoms with Crippen LogP contribution in [-0.2, 0) is 46.3 Å². The molecule has 0 saturated heterocycles. The minimum Gasteiger partial charge on any atom is -0.508 e. The number of phenols is 2. The Morgan fingerprint density at radius 3 is 2.00 bits per heavy atom. The number of rotatable bonds is 11. The van der Waals surface area contributed by atoms with E-state index in [1.807, 2.05) is 0 Å². The van der Waals surface area contributed by atoms with Gasteiger partial charge < -0.3 is 46.3 Å². The lowest BCUT2D eigenvalue weighted by Crippen LogP contribution is -2.58. The maximum Gasteiger partial charge on any atom is 0.408 e. The first kappa shape index (κ1) is 41.8. The molecule has 1 aliphatic rings. The van der Waals surface area contributed by atoms with Crippen molar-refractivity contribution in [3.63, 3.8) is 0 Å². The summed E-state index contributed by atoms with van der Waals surface area (Å²) in [6, 6.07) is 6.62. The molecule has 15 nitrogen and oxygen atoms in total. The maximum atomic E-state index is 13.8. The summed E-state index contributed by atoms with van der Waals surface area (Å²) in [5, 5.41) is 32.7. The van der Waals surface area contributed by atoms with Crippen LogP contribution in [0.25, 0.3) is 0 Å². The van der Waals surface area contributed by atoms with Crippen LogP contribution < -0.4 is 26.6 Å². The molecule has 5 atom stereocenters. The zero-order chi connectivity index (χ0) is 39.5. The molecular weight excluding hydrogens is 686 g/mol. The third-order valence-corrected chi connectivity index (χ3v) is 8.07. The van der Waals surface area contributed by atoms with Crippen LogP contribution in [0, 0.1) is 11.8 Å². The van der Waals surface area contributed by atoms with Crippen molar-refractivity contribution in [1.82, 2.24) is 26.6 Å². The molecule has 0 unspecified atom stereocenters. The first-order valence-corrected chi connectivity index (χ1v) is 17.4. The molecule has 7 N–H and O–H groups in total. The molecule has 1 heterocycles. The molecule has 2 aromatic rings. The number of alkyl carbamates (subject to hydrolysis) is 1. The normalized spacial score (nSPS) is 20.0. The Bertz CT molecular complexity index is 1630. The monoisotopic (exact) mass is 737 g/mol. The van der Waals surface area contributed by atoms with Gasteiger partial charge in [-0.25, -0.2) is 9.59 Å². The fourth-order valence-electron chi connectivity index (χ4n) is 5.27. The van der Waals surface area contributed by atoms with E-state index in [-0.39, 0.29) is 30.3 Å². The minimum atomic E-state index is -1.18. The van der Waals surface area contributed by atoms with E-state index in [2.05, 4.69) is 26.6 Å². The summed E-state index contributed by atoms with van der Waals surface area (Å²) >= 11 is 0. The SMILES string of the molecule is CC(C)[C@@H]1NC(=O)/C=C/[C@@H](NC(=O)[C@@H](NC(=O)[C@H](Cc2ccc(O)cc2)NC(=O)OC(C)(C)C)C(C)C)COC(=O)[C@H](Cc2ccc(O)cc2)NC1=O. The molecule has 0 radical (unpaired) electrons. The predicted octanol–water partition coefficient (Wildman–Crippen LogP) is 2.14. The van der Waals surface area contributed by atoms with Crippen molar-refractivity contribution >= 4 is 35.7 Å². The van der Waals surface area contributed by atoms with Gasteiger partial charge in [-0.15, -0.1) is 0 Å². The van der Waals surface area contributed by atoms with E-state index in [9.17, 15) is 39.0 Å². The largest absolute Gasteiger partial charge is 0.508 e. The van der Waals surface area contributed by atoms with Gasteiger partial charge in [-0.1, -0.05) is 58.0 Å². The standard InChI is InChI=1S/C38H51N5O10/c1-21(2)31-35(49)40-29(19-24-10-15-27(45)16-11-24)36(50)52-20-25(12-17-30(46)42-31)39-34(48)32(22(3)4)43-33(47)28(41-37(51)53-38(5,6)7)18-23-8-13-26(44)14-9-23/h8-17,21-22,25,28-29,31-32,44-45H,18-20H2,1-7H3,(H,39,48)(H,40,49)(H,41,51)(H,42,46)(H,43,47)/b17-12+/t25-,28+,29+,31+,32+/m1/s1. The Kier molecular flexibility index (Phi) is 14.8. The zero-order valence-corrected chi connectivity index (χ0v) is 31.1. The lowest BCUT2D eigenvalue weighted by Gasteiger charge is -2.28. The molecule has 0 fully saturated rings. The number of phenolic OH excluding ortho intramolecular Hbond substituents is 2.